The van der Waals surface area contributed by atoms with Crippen LogP contribution in [0.5, 0.6) is 0 Å². The van der Waals surface area contributed by atoms with Gasteiger partial charge in [0.1, 0.15) is 6.67 Å². The Kier molecular flexibility index (Phi) is 4.82. The summed E-state index contributed by atoms with van der Waals surface area (Å²) in [5.41, 5.74) is 1.91. The van der Waals surface area contributed by atoms with Crippen LogP contribution in [0.1, 0.15) is 22.3 Å². The molecular formula is C26H22BrClN2O3. The smallest absolute Gasteiger partial charge is 0.259 e. The van der Waals surface area contributed by atoms with Crippen LogP contribution in [0.3, 0.4) is 0 Å². The summed E-state index contributed by atoms with van der Waals surface area (Å²) in [6.45, 7) is 1.77. The first kappa shape index (κ1) is 21.1. The molecule has 2 aromatic rings. The Morgan fingerprint density at radius 3 is 2.21 bits per heavy atom. The van der Waals surface area contributed by atoms with Crippen molar-refractivity contribution in [3.8, 4) is 0 Å². The van der Waals surface area contributed by atoms with Crippen LogP contribution in [0.2, 0.25) is 5.02 Å². The minimum Gasteiger partial charge on any atom is -0.289 e. The molecular weight excluding hydrogens is 504 g/mol. The predicted molar refractivity (Wildman–Crippen MR) is 129 cm³/mol. The van der Waals surface area contributed by atoms with Crippen molar-refractivity contribution < 1.29 is 14.4 Å². The maximum absolute atomic E-state index is 13.6. The van der Waals surface area contributed by atoms with Crippen LogP contribution in [-0.2, 0) is 9.59 Å². The Bertz CT molecular complexity index is 1190. The number of imide groups is 1. The summed E-state index contributed by atoms with van der Waals surface area (Å²) < 4.78 is 0.861. The topological polar surface area (TPSA) is 57.7 Å². The average Bonchev–Trinajstić information content (AvgIpc) is 3.59. The van der Waals surface area contributed by atoms with Gasteiger partial charge in [-0.2, -0.15) is 0 Å². The first-order chi connectivity index (χ1) is 15.8. The first-order valence-electron chi connectivity index (χ1n) is 11.2. The molecule has 168 valence electrons. The fourth-order valence-electron chi connectivity index (χ4n) is 6.06. The molecule has 5 nitrogen and oxygen atoms in total. The Morgan fingerprint density at radius 1 is 1.03 bits per heavy atom. The maximum atomic E-state index is 13.6. The summed E-state index contributed by atoms with van der Waals surface area (Å²) >= 11 is 9.77. The number of anilines is 1. The third kappa shape index (κ3) is 3.22. The van der Waals surface area contributed by atoms with Crippen LogP contribution >= 0.6 is 27.5 Å². The Hall–Kier alpha value is -2.44. The van der Waals surface area contributed by atoms with Gasteiger partial charge >= 0.3 is 0 Å². The number of rotatable bonds is 4. The molecule has 2 saturated carbocycles. The lowest BCUT2D eigenvalue weighted by molar-refractivity contribution is -0.140. The summed E-state index contributed by atoms with van der Waals surface area (Å²) in [5, 5.41) is 0.524. The number of hydrogen-bond donors (Lipinski definition) is 0. The Balaban J connectivity index is 1.35. The number of benzene rings is 2. The van der Waals surface area contributed by atoms with E-state index >= 15 is 0 Å². The zero-order chi connectivity index (χ0) is 23.0. The number of carbonyl (C=O) groups is 3. The third-order valence-electron chi connectivity index (χ3n) is 7.84. The number of nitrogens with zero attached hydrogens (tertiary/aromatic N) is 2. The lowest BCUT2D eigenvalue weighted by Crippen LogP contribution is -2.45. The fourth-order valence-corrected chi connectivity index (χ4v) is 6.50. The minimum absolute atomic E-state index is 0.117. The molecule has 1 saturated heterocycles. The summed E-state index contributed by atoms with van der Waals surface area (Å²) in [4.78, 5) is 43.4. The second-order valence-corrected chi connectivity index (χ2v) is 10.9. The molecule has 5 aliphatic rings. The van der Waals surface area contributed by atoms with Gasteiger partial charge in [-0.3, -0.25) is 24.2 Å². The first-order valence-corrected chi connectivity index (χ1v) is 12.4. The van der Waals surface area contributed by atoms with Crippen LogP contribution in [0, 0.1) is 42.4 Å². The molecule has 6 atom stereocenters. The van der Waals surface area contributed by atoms with Crippen molar-refractivity contribution in [1.82, 2.24) is 4.90 Å². The summed E-state index contributed by atoms with van der Waals surface area (Å²) in [7, 11) is 0. The predicted octanol–water partition coefficient (Wildman–Crippen LogP) is 5.07. The molecule has 0 spiro atoms. The van der Waals surface area contributed by atoms with Gasteiger partial charge < -0.3 is 0 Å². The monoisotopic (exact) mass is 524 g/mol. The lowest BCUT2D eigenvalue weighted by Gasteiger charge is -2.37. The van der Waals surface area contributed by atoms with Crippen molar-refractivity contribution in [2.24, 2.45) is 35.5 Å². The number of halogens is 2. The van der Waals surface area contributed by atoms with E-state index in [-0.39, 0.29) is 48.1 Å². The highest BCUT2D eigenvalue weighted by atomic mass is 79.9. The van der Waals surface area contributed by atoms with Crippen molar-refractivity contribution in [2.45, 2.75) is 13.3 Å². The van der Waals surface area contributed by atoms with E-state index in [1.54, 1.807) is 36.4 Å². The van der Waals surface area contributed by atoms with E-state index in [9.17, 15) is 14.4 Å². The second kappa shape index (κ2) is 7.54. The molecule has 1 heterocycles. The average molecular weight is 526 g/mol. The van der Waals surface area contributed by atoms with E-state index in [2.05, 4.69) is 28.1 Å². The summed E-state index contributed by atoms with van der Waals surface area (Å²) in [6, 6.07) is 12.4. The van der Waals surface area contributed by atoms with Crippen molar-refractivity contribution >= 4 is 50.9 Å². The zero-order valence-electron chi connectivity index (χ0n) is 17.9. The number of amides is 3. The Morgan fingerprint density at radius 2 is 1.64 bits per heavy atom. The van der Waals surface area contributed by atoms with E-state index in [0.717, 1.165) is 16.5 Å². The maximum Gasteiger partial charge on any atom is 0.259 e. The molecule has 3 amide bonds. The molecule has 1 aliphatic heterocycles. The van der Waals surface area contributed by atoms with Crippen LogP contribution in [0.4, 0.5) is 5.69 Å². The van der Waals surface area contributed by atoms with Crippen LogP contribution < -0.4 is 4.90 Å². The molecule has 2 bridgehead atoms. The number of likely N-dealkylation sites (tertiary alicyclic amines) is 1. The molecule has 33 heavy (non-hydrogen) atoms. The molecule has 0 radical (unpaired) electrons. The van der Waals surface area contributed by atoms with Crippen LogP contribution in [0.25, 0.3) is 0 Å². The van der Waals surface area contributed by atoms with Crippen molar-refractivity contribution in [3.63, 3.8) is 0 Å². The third-order valence-corrected chi connectivity index (χ3v) is 8.78. The standard InChI is InChI=1S/C26H22BrClN2O3/c1-13-2-7-16(10-21(13)28)29(24(31)14-3-5-15(27)6-4-14)12-30-25(32)22-17-8-9-18(20-11-19(17)20)23(22)26(30)33/h2-10,17-20,22-23H,11-12H2,1H3. The highest BCUT2D eigenvalue weighted by Gasteiger charge is 2.67. The van der Waals surface area contributed by atoms with E-state index in [1.165, 1.54) is 9.80 Å². The normalized spacial score (nSPS) is 30.9. The zero-order valence-corrected chi connectivity index (χ0v) is 20.3. The molecule has 3 fully saturated rings. The van der Waals surface area contributed by atoms with Crippen molar-refractivity contribution in [2.75, 3.05) is 11.6 Å². The molecule has 0 aromatic heterocycles. The molecule has 7 heteroatoms. The van der Waals surface area contributed by atoms with Gasteiger partial charge in [0.2, 0.25) is 11.8 Å². The quantitative estimate of drug-likeness (QED) is 0.414. The van der Waals surface area contributed by atoms with E-state index in [1.807, 2.05) is 13.0 Å². The van der Waals surface area contributed by atoms with Crippen molar-refractivity contribution in [1.29, 1.82) is 0 Å². The van der Waals surface area contributed by atoms with E-state index in [4.69, 9.17) is 11.6 Å². The second-order valence-electron chi connectivity index (χ2n) is 9.57. The van der Waals surface area contributed by atoms with E-state index < -0.39 is 0 Å². The highest BCUT2D eigenvalue weighted by Crippen LogP contribution is 2.65. The number of aryl methyl sites for hydroxylation is 1. The molecule has 4 aliphatic carbocycles. The number of hydrogen-bond acceptors (Lipinski definition) is 3. The van der Waals surface area contributed by atoms with Gasteiger partial charge in [0.15, 0.2) is 0 Å². The molecule has 0 N–H and O–H groups in total. The molecule has 2 aromatic carbocycles. The Labute approximate surface area is 205 Å². The highest BCUT2D eigenvalue weighted by molar-refractivity contribution is 9.10. The van der Waals surface area contributed by atoms with Gasteiger partial charge in [-0.05, 0) is 79.0 Å². The van der Waals surface area contributed by atoms with Gasteiger partial charge in [-0.1, -0.05) is 45.7 Å². The molecule has 6 unspecified atom stereocenters. The number of carbonyl (C=O) groups excluding carboxylic acids is 3. The van der Waals surface area contributed by atoms with Crippen LogP contribution in [0.15, 0.2) is 59.1 Å². The van der Waals surface area contributed by atoms with Crippen molar-refractivity contribution in [3.05, 3.63) is 75.2 Å². The largest absolute Gasteiger partial charge is 0.289 e. The summed E-state index contributed by atoms with van der Waals surface area (Å²) in [6.07, 6.45) is 5.42. The minimum atomic E-state index is -0.290. The number of allylic oxidation sites excluding steroid dienone is 2. The van der Waals surface area contributed by atoms with E-state index in [0.29, 0.717) is 28.1 Å². The lowest BCUT2D eigenvalue weighted by atomic mass is 9.63. The summed E-state index contributed by atoms with van der Waals surface area (Å²) in [5.74, 6) is 0.199. The van der Waals surface area contributed by atoms with Gasteiger partial charge in [0.25, 0.3) is 5.91 Å². The molecule has 7 rings (SSSR count). The van der Waals surface area contributed by atoms with Gasteiger partial charge in [0.05, 0.1) is 11.8 Å². The van der Waals surface area contributed by atoms with Gasteiger partial charge in [0, 0.05) is 20.7 Å². The fraction of sp³-hybridized carbons (Fsp3) is 0.346. The SMILES string of the molecule is Cc1ccc(N(CN2C(=O)C3C4C=CC(C5CC45)C3C2=O)C(=O)c2ccc(Br)cc2)cc1Cl. The van der Waals surface area contributed by atoms with Gasteiger partial charge in [-0.15, -0.1) is 0 Å². The van der Waals surface area contributed by atoms with Crippen LogP contribution in [-0.4, -0.2) is 29.3 Å². The van der Waals surface area contributed by atoms with Gasteiger partial charge in [-0.25, -0.2) is 0 Å².